The van der Waals surface area contributed by atoms with Crippen LogP contribution in [0.5, 0.6) is 0 Å². The average Bonchev–Trinajstić information content (AvgIpc) is 2.42. The first-order valence-corrected chi connectivity index (χ1v) is 5.92. The number of nitrogens with one attached hydrogen (secondary N) is 1. The van der Waals surface area contributed by atoms with Crippen LogP contribution in [-0.2, 0) is 4.79 Å². The Hall–Kier alpha value is -2.13. The van der Waals surface area contributed by atoms with Crippen molar-refractivity contribution in [1.29, 1.82) is 0 Å². The van der Waals surface area contributed by atoms with Crippen LogP contribution in [-0.4, -0.2) is 12.5 Å². The van der Waals surface area contributed by atoms with Gasteiger partial charge in [0.05, 0.1) is 5.92 Å². The number of hydrogen-bond acceptors (Lipinski definition) is 2. The molecule has 0 fully saturated rings. The summed E-state index contributed by atoms with van der Waals surface area (Å²) in [6.45, 7) is 0.294. The topological polar surface area (TPSA) is 55.1 Å². The average molecular weight is 240 g/mol. The number of benzene rings is 2. The van der Waals surface area contributed by atoms with Gasteiger partial charge in [0.15, 0.2) is 0 Å². The maximum absolute atomic E-state index is 12.2. The molecule has 0 aliphatic carbocycles. The van der Waals surface area contributed by atoms with Crippen molar-refractivity contribution >= 4 is 11.6 Å². The van der Waals surface area contributed by atoms with E-state index >= 15 is 0 Å². The minimum atomic E-state index is -0.314. The quantitative estimate of drug-likeness (QED) is 0.862. The van der Waals surface area contributed by atoms with Crippen LogP contribution in [0.25, 0.3) is 0 Å². The van der Waals surface area contributed by atoms with Crippen LogP contribution in [0.1, 0.15) is 11.5 Å². The van der Waals surface area contributed by atoms with Crippen LogP contribution in [0.2, 0.25) is 0 Å². The maximum atomic E-state index is 12.2. The van der Waals surface area contributed by atoms with Crippen molar-refractivity contribution in [1.82, 2.24) is 0 Å². The minimum Gasteiger partial charge on any atom is -0.329 e. The van der Waals surface area contributed by atoms with Crippen molar-refractivity contribution in [3.63, 3.8) is 0 Å². The van der Waals surface area contributed by atoms with Crippen LogP contribution in [0, 0.1) is 0 Å². The molecule has 3 N–H and O–H groups in total. The summed E-state index contributed by atoms with van der Waals surface area (Å²) in [4.78, 5) is 12.2. The Morgan fingerprint density at radius 3 is 2.11 bits per heavy atom. The smallest absolute Gasteiger partial charge is 0.233 e. The number of rotatable bonds is 4. The first kappa shape index (κ1) is 12.3. The Bertz CT molecular complexity index is 496. The van der Waals surface area contributed by atoms with E-state index in [0.717, 1.165) is 11.3 Å². The number of carbonyl (C=O) groups excluding carboxylic acids is 1. The highest BCUT2D eigenvalue weighted by Crippen LogP contribution is 2.17. The van der Waals surface area contributed by atoms with E-state index in [1.54, 1.807) is 0 Å². The molecule has 0 heterocycles. The van der Waals surface area contributed by atoms with Gasteiger partial charge in [0.2, 0.25) is 5.91 Å². The lowest BCUT2D eigenvalue weighted by atomic mass is 9.98. The number of hydrogen-bond donors (Lipinski definition) is 2. The summed E-state index contributed by atoms with van der Waals surface area (Å²) in [7, 11) is 0. The molecule has 0 aliphatic rings. The van der Waals surface area contributed by atoms with Gasteiger partial charge in [0.25, 0.3) is 0 Å². The molecule has 0 spiro atoms. The monoisotopic (exact) mass is 240 g/mol. The van der Waals surface area contributed by atoms with Gasteiger partial charge in [-0.15, -0.1) is 0 Å². The van der Waals surface area contributed by atoms with Crippen LogP contribution in [0.3, 0.4) is 0 Å². The zero-order valence-corrected chi connectivity index (χ0v) is 10.0. The van der Waals surface area contributed by atoms with Crippen molar-refractivity contribution in [3.8, 4) is 0 Å². The summed E-state index contributed by atoms with van der Waals surface area (Å²) in [5.74, 6) is -0.388. The largest absolute Gasteiger partial charge is 0.329 e. The summed E-state index contributed by atoms with van der Waals surface area (Å²) in [6, 6.07) is 19.0. The Morgan fingerprint density at radius 1 is 1.00 bits per heavy atom. The van der Waals surface area contributed by atoms with Gasteiger partial charge < -0.3 is 11.1 Å². The van der Waals surface area contributed by atoms with Gasteiger partial charge in [0.1, 0.15) is 0 Å². The van der Waals surface area contributed by atoms with Gasteiger partial charge in [-0.05, 0) is 17.7 Å². The van der Waals surface area contributed by atoms with Crippen LogP contribution < -0.4 is 11.1 Å². The van der Waals surface area contributed by atoms with Crippen molar-refractivity contribution in [3.05, 3.63) is 66.2 Å². The lowest BCUT2D eigenvalue weighted by Gasteiger charge is -2.15. The molecule has 2 aromatic rings. The molecule has 0 radical (unpaired) electrons. The molecule has 1 amide bonds. The summed E-state index contributed by atoms with van der Waals surface area (Å²) >= 11 is 0. The molecule has 0 aliphatic heterocycles. The van der Waals surface area contributed by atoms with Gasteiger partial charge in [-0.3, -0.25) is 4.79 Å². The Labute approximate surface area is 107 Å². The van der Waals surface area contributed by atoms with E-state index in [4.69, 9.17) is 5.73 Å². The predicted octanol–water partition coefficient (Wildman–Crippen LogP) is 2.37. The highest BCUT2D eigenvalue weighted by atomic mass is 16.1. The fraction of sp³-hybridized carbons (Fsp3) is 0.133. The fourth-order valence-electron chi connectivity index (χ4n) is 1.83. The van der Waals surface area contributed by atoms with Gasteiger partial charge in [-0.2, -0.15) is 0 Å². The van der Waals surface area contributed by atoms with Gasteiger partial charge in [-0.1, -0.05) is 48.5 Å². The third-order valence-corrected chi connectivity index (χ3v) is 2.80. The van der Waals surface area contributed by atoms with E-state index in [1.807, 2.05) is 60.7 Å². The van der Waals surface area contributed by atoms with Gasteiger partial charge in [0, 0.05) is 12.2 Å². The number of amides is 1. The third kappa shape index (κ3) is 2.96. The number of para-hydroxylation sites is 1. The third-order valence-electron chi connectivity index (χ3n) is 2.80. The molecule has 0 bridgehead atoms. The van der Waals surface area contributed by atoms with E-state index in [-0.39, 0.29) is 11.8 Å². The van der Waals surface area contributed by atoms with Crippen molar-refractivity contribution in [2.45, 2.75) is 5.92 Å². The lowest BCUT2D eigenvalue weighted by Crippen LogP contribution is -2.27. The SMILES string of the molecule is NCC(C(=O)Nc1ccccc1)c1ccccc1. The molecule has 3 heteroatoms. The van der Waals surface area contributed by atoms with Crippen LogP contribution in [0.15, 0.2) is 60.7 Å². The van der Waals surface area contributed by atoms with Crippen molar-refractivity contribution in [2.24, 2.45) is 5.73 Å². The highest BCUT2D eigenvalue weighted by Gasteiger charge is 2.18. The maximum Gasteiger partial charge on any atom is 0.233 e. The number of carbonyl (C=O) groups is 1. The summed E-state index contributed by atoms with van der Waals surface area (Å²) in [6.07, 6.45) is 0. The highest BCUT2D eigenvalue weighted by molar-refractivity contribution is 5.96. The first-order chi connectivity index (χ1) is 8.81. The van der Waals surface area contributed by atoms with E-state index in [2.05, 4.69) is 5.32 Å². The standard InChI is InChI=1S/C15H16N2O/c16-11-14(12-7-3-1-4-8-12)15(18)17-13-9-5-2-6-10-13/h1-10,14H,11,16H2,(H,17,18). The zero-order valence-electron chi connectivity index (χ0n) is 10.0. The summed E-state index contributed by atoms with van der Waals surface area (Å²) in [5, 5.41) is 2.87. The second-order valence-corrected chi connectivity index (χ2v) is 4.05. The fourth-order valence-corrected chi connectivity index (χ4v) is 1.83. The zero-order chi connectivity index (χ0) is 12.8. The molecule has 1 atom stereocenters. The van der Waals surface area contributed by atoms with E-state index in [0.29, 0.717) is 6.54 Å². The molecule has 0 aromatic heterocycles. The Morgan fingerprint density at radius 2 is 1.56 bits per heavy atom. The van der Waals surface area contributed by atoms with Crippen molar-refractivity contribution < 1.29 is 4.79 Å². The minimum absolute atomic E-state index is 0.0742. The summed E-state index contributed by atoms with van der Waals surface area (Å²) in [5.41, 5.74) is 7.43. The first-order valence-electron chi connectivity index (χ1n) is 5.92. The molecule has 0 saturated heterocycles. The van der Waals surface area contributed by atoms with Crippen LogP contribution >= 0.6 is 0 Å². The molecular weight excluding hydrogens is 224 g/mol. The van der Waals surface area contributed by atoms with E-state index in [1.165, 1.54) is 0 Å². The summed E-state index contributed by atoms with van der Waals surface area (Å²) < 4.78 is 0. The molecule has 2 aromatic carbocycles. The predicted molar refractivity (Wildman–Crippen MR) is 73.3 cm³/mol. The molecule has 92 valence electrons. The number of anilines is 1. The van der Waals surface area contributed by atoms with E-state index < -0.39 is 0 Å². The normalized spacial score (nSPS) is 11.8. The molecule has 2 rings (SSSR count). The van der Waals surface area contributed by atoms with Crippen molar-refractivity contribution in [2.75, 3.05) is 11.9 Å². The Balaban J connectivity index is 2.12. The molecule has 1 unspecified atom stereocenters. The number of nitrogens with two attached hydrogens (primary N) is 1. The molecule has 18 heavy (non-hydrogen) atoms. The van der Waals surface area contributed by atoms with Gasteiger partial charge in [-0.25, -0.2) is 0 Å². The van der Waals surface area contributed by atoms with Gasteiger partial charge >= 0.3 is 0 Å². The second kappa shape index (κ2) is 5.98. The van der Waals surface area contributed by atoms with E-state index in [9.17, 15) is 4.79 Å². The molecular formula is C15H16N2O. The second-order valence-electron chi connectivity index (χ2n) is 4.05. The molecule has 0 saturated carbocycles. The Kier molecular flexibility index (Phi) is 4.10. The lowest BCUT2D eigenvalue weighted by molar-refractivity contribution is -0.117. The van der Waals surface area contributed by atoms with Crippen LogP contribution in [0.4, 0.5) is 5.69 Å². The molecule has 3 nitrogen and oxygen atoms in total.